The van der Waals surface area contributed by atoms with E-state index in [0.717, 1.165) is 11.3 Å². The number of benzene rings is 1. The van der Waals surface area contributed by atoms with Crippen molar-refractivity contribution in [3.8, 4) is 0 Å². The van der Waals surface area contributed by atoms with Crippen LogP contribution in [0.1, 0.15) is 5.56 Å². The van der Waals surface area contributed by atoms with Crippen molar-refractivity contribution in [1.82, 2.24) is 0 Å². The molecule has 1 aromatic carbocycles. The van der Waals surface area contributed by atoms with Crippen molar-refractivity contribution in [3.63, 3.8) is 0 Å². The summed E-state index contributed by atoms with van der Waals surface area (Å²) in [5.74, 6) is 0. The number of nitrogens with one attached hydrogen (secondary N) is 1. The second kappa shape index (κ2) is 5.85. The standard InChI is InChI=1S/C13H19NO5/c1-7-2-4-8(5-3-7)14-13-12(18)11(17)10(16)9(6-15)19-13/h2-5,9-18H,6H2,1H3/t9-,10-,11-,12-,13-/m1/s1. The van der Waals surface area contributed by atoms with Gasteiger partial charge in [0.05, 0.1) is 6.61 Å². The third-order valence-corrected chi connectivity index (χ3v) is 3.25. The summed E-state index contributed by atoms with van der Waals surface area (Å²) in [5, 5.41) is 41.2. The Kier molecular flexibility index (Phi) is 4.38. The molecule has 0 saturated carbocycles. The summed E-state index contributed by atoms with van der Waals surface area (Å²) >= 11 is 0. The summed E-state index contributed by atoms with van der Waals surface area (Å²) < 4.78 is 5.34. The zero-order valence-electron chi connectivity index (χ0n) is 10.6. The lowest BCUT2D eigenvalue weighted by Crippen LogP contribution is -2.60. The van der Waals surface area contributed by atoms with Gasteiger partial charge in [-0.3, -0.25) is 0 Å². The third kappa shape index (κ3) is 3.05. The Labute approximate surface area is 111 Å². The van der Waals surface area contributed by atoms with E-state index < -0.39 is 37.3 Å². The van der Waals surface area contributed by atoms with Crippen LogP contribution in [-0.2, 0) is 4.74 Å². The fourth-order valence-corrected chi connectivity index (χ4v) is 2.03. The van der Waals surface area contributed by atoms with Gasteiger partial charge in [0, 0.05) is 5.69 Å². The molecular formula is C13H19NO5. The molecule has 1 saturated heterocycles. The number of ether oxygens (including phenoxy) is 1. The summed E-state index contributed by atoms with van der Waals surface area (Å²) in [6, 6.07) is 7.42. The molecule has 0 radical (unpaired) electrons. The highest BCUT2D eigenvalue weighted by atomic mass is 16.6. The van der Waals surface area contributed by atoms with Crippen LogP contribution in [0, 0.1) is 6.92 Å². The van der Waals surface area contributed by atoms with Gasteiger partial charge < -0.3 is 30.5 Å². The Hall–Kier alpha value is -1.18. The van der Waals surface area contributed by atoms with E-state index in [1.54, 1.807) is 0 Å². The van der Waals surface area contributed by atoms with Gasteiger partial charge in [-0.25, -0.2) is 0 Å². The summed E-state index contributed by atoms with van der Waals surface area (Å²) in [5.41, 5.74) is 1.81. The van der Waals surface area contributed by atoms with E-state index in [9.17, 15) is 15.3 Å². The lowest BCUT2D eigenvalue weighted by Gasteiger charge is -2.40. The summed E-state index contributed by atoms with van der Waals surface area (Å²) in [7, 11) is 0. The van der Waals surface area contributed by atoms with Crippen LogP contribution in [0.3, 0.4) is 0 Å². The highest BCUT2D eigenvalue weighted by Gasteiger charge is 2.43. The van der Waals surface area contributed by atoms with Crippen molar-refractivity contribution in [2.24, 2.45) is 0 Å². The lowest BCUT2D eigenvalue weighted by atomic mass is 9.98. The van der Waals surface area contributed by atoms with Gasteiger partial charge in [-0.05, 0) is 19.1 Å². The molecule has 19 heavy (non-hydrogen) atoms. The molecule has 2 rings (SSSR count). The lowest BCUT2D eigenvalue weighted by molar-refractivity contribution is -0.221. The predicted octanol–water partition coefficient (Wildman–Crippen LogP) is -0.793. The van der Waals surface area contributed by atoms with Crippen LogP contribution in [0.25, 0.3) is 0 Å². The Morgan fingerprint density at radius 3 is 2.26 bits per heavy atom. The summed E-state index contributed by atoms with van der Waals surface area (Å²) in [6.45, 7) is 1.52. The maximum Gasteiger partial charge on any atom is 0.157 e. The van der Waals surface area contributed by atoms with Crippen LogP contribution in [0.4, 0.5) is 5.69 Å². The Morgan fingerprint density at radius 1 is 1.05 bits per heavy atom. The molecule has 5 N–H and O–H groups in total. The largest absolute Gasteiger partial charge is 0.394 e. The molecule has 6 heteroatoms. The molecule has 0 aromatic heterocycles. The number of anilines is 1. The number of rotatable bonds is 3. The molecule has 1 aliphatic heterocycles. The van der Waals surface area contributed by atoms with Gasteiger partial charge >= 0.3 is 0 Å². The fourth-order valence-electron chi connectivity index (χ4n) is 2.03. The van der Waals surface area contributed by atoms with Crippen molar-refractivity contribution in [2.45, 2.75) is 37.6 Å². The topological polar surface area (TPSA) is 102 Å². The minimum Gasteiger partial charge on any atom is -0.394 e. The van der Waals surface area contributed by atoms with Crippen molar-refractivity contribution in [3.05, 3.63) is 29.8 Å². The zero-order chi connectivity index (χ0) is 14.0. The first-order valence-electron chi connectivity index (χ1n) is 6.16. The van der Waals surface area contributed by atoms with Crippen LogP contribution in [0.5, 0.6) is 0 Å². The van der Waals surface area contributed by atoms with Crippen LogP contribution < -0.4 is 5.32 Å². The molecule has 5 atom stereocenters. The van der Waals surface area contributed by atoms with E-state index in [0.29, 0.717) is 0 Å². The molecule has 0 amide bonds. The van der Waals surface area contributed by atoms with E-state index in [2.05, 4.69) is 5.32 Å². The van der Waals surface area contributed by atoms with E-state index in [-0.39, 0.29) is 0 Å². The van der Waals surface area contributed by atoms with Crippen LogP contribution in [0.2, 0.25) is 0 Å². The molecule has 1 heterocycles. The molecule has 0 aliphatic carbocycles. The minimum atomic E-state index is -1.37. The van der Waals surface area contributed by atoms with E-state index >= 15 is 0 Å². The first-order chi connectivity index (χ1) is 9.02. The second-order valence-electron chi connectivity index (χ2n) is 4.76. The fraction of sp³-hybridized carbons (Fsp3) is 0.538. The van der Waals surface area contributed by atoms with E-state index in [1.807, 2.05) is 31.2 Å². The SMILES string of the molecule is Cc1ccc(N[C@@H]2O[C@H](CO)[C@@H](O)[C@@H](O)[C@H]2O)cc1. The van der Waals surface area contributed by atoms with Gasteiger partial charge in [0.1, 0.15) is 24.4 Å². The summed E-state index contributed by atoms with van der Waals surface area (Å²) in [4.78, 5) is 0. The maximum atomic E-state index is 9.86. The van der Waals surface area contributed by atoms with Gasteiger partial charge in [-0.1, -0.05) is 17.7 Å². The molecule has 1 aliphatic rings. The van der Waals surface area contributed by atoms with Gasteiger partial charge in [0.2, 0.25) is 0 Å². The Morgan fingerprint density at radius 2 is 1.68 bits per heavy atom. The monoisotopic (exact) mass is 269 g/mol. The molecule has 6 nitrogen and oxygen atoms in total. The third-order valence-electron chi connectivity index (χ3n) is 3.25. The van der Waals surface area contributed by atoms with E-state index in [1.165, 1.54) is 0 Å². The average molecular weight is 269 g/mol. The number of aryl methyl sites for hydroxylation is 1. The number of hydrogen-bond donors (Lipinski definition) is 5. The predicted molar refractivity (Wildman–Crippen MR) is 68.6 cm³/mol. The number of aliphatic hydroxyl groups excluding tert-OH is 4. The van der Waals surface area contributed by atoms with Crippen LogP contribution in [-0.4, -0.2) is 57.7 Å². The molecule has 0 spiro atoms. The highest BCUT2D eigenvalue weighted by Crippen LogP contribution is 2.22. The molecule has 0 unspecified atom stereocenters. The van der Waals surface area contributed by atoms with Gasteiger partial charge in [-0.15, -0.1) is 0 Å². The normalized spacial score (nSPS) is 35.1. The molecule has 1 aromatic rings. The average Bonchev–Trinajstić information content (AvgIpc) is 2.42. The first-order valence-corrected chi connectivity index (χ1v) is 6.16. The van der Waals surface area contributed by atoms with Gasteiger partial charge in [0.15, 0.2) is 6.23 Å². The zero-order valence-corrected chi connectivity index (χ0v) is 10.6. The van der Waals surface area contributed by atoms with Crippen molar-refractivity contribution in [1.29, 1.82) is 0 Å². The molecule has 106 valence electrons. The maximum absolute atomic E-state index is 9.86. The Bertz CT molecular complexity index is 408. The molecular weight excluding hydrogens is 250 g/mol. The van der Waals surface area contributed by atoms with E-state index in [4.69, 9.17) is 9.84 Å². The number of aliphatic hydroxyl groups is 4. The van der Waals surface area contributed by atoms with Crippen molar-refractivity contribution < 1.29 is 25.2 Å². The van der Waals surface area contributed by atoms with Gasteiger partial charge in [0.25, 0.3) is 0 Å². The van der Waals surface area contributed by atoms with Crippen LogP contribution >= 0.6 is 0 Å². The van der Waals surface area contributed by atoms with Crippen molar-refractivity contribution in [2.75, 3.05) is 11.9 Å². The minimum absolute atomic E-state index is 0.434. The summed E-state index contributed by atoms with van der Waals surface area (Å²) in [6.07, 6.45) is -5.77. The molecule has 1 fully saturated rings. The Balaban J connectivity index is 2.08. The van der Waals surface area contributed by atoms with Gasteiger partial charge in [-0.2, -0.15) is 0 Å². The van der Waals surface area contributed by atoms with Crippen LogP contribution in [0.15, 0.2) is 24.3 Å². The quantitative estimate of drug-likeness (QED) is 0.493. The second-order valence-corrected chi connectivity index (χ2v) is 4.76. The number of hydrogen-bond acceptors (Lipinski definition) is 6. The first kappa shape index (κ1) is 14.2. The highest BCUT2D eigenvalue weighted by molar-refractivity contribution is 5.45. The smallest absolute Gasteiger partial charge is 0.157 e. The van der Waals surface area contributed by atoms with Crippen molar-refractivity contribution >= 4 is 5.69 Å². The molecule has 0 bridgehead atoms.